The second-order valence-electron chi connectivity index (χ2n) is 4.35. The van der Waals surface area contributed by atoms with Crippen LogP contribution in [-0.2, 0) is 20.9 Å². The molecule has 2 heterocycles. The van der Waals surface area contributed by atoms with Crippen molar-refractivity contribution < 1.29 is 14.3 Å². The van der Waals surface area contributed by atoms with Crippen molar-refractivity contribution in [3.8, 4) is 0 Å². The van der Waals surface area contributed by atoms with Gasteiger partial charge in [-0.3, -0.25) is 14.6 Å². The van der Waals surface area contributed by atoms with Crippen molar-refractivity contribution in [3.63, 3.8) is 0 Å². The third kappa shape index (κ3) is 4.33. The van der Waals surface area contributed by atoms with E-state index in [2.05, 4.69) is 15.6 Å². The molecule has 0 spiro atoms. The molecule has 0 bridgehead atoms. The van der Waals surface area contributed by atoms with Gasteiger partial charge in [0.2, 0.25) is 0 Å². The normalized spacial score (nSPS) is 18.0. The minimum Gasteiger partial charge on any atom is -0.376 e. The smallest absolute Gasteiger partial charge is 0.309 e. The second-order valence-corrected chi connectivity index (χ2v) is 4.35. The monoisotopic (exact) mass is 263 g/mol. The summed E-state index contributed by atoms with van der Waals surface area (Å²) in [5, 5.41) is 5.08. The van der Waals surface area contributed by atoms with Gasteiger partial charge in [0, 0.05) is 19.3 Å². The molecular formula is C13H17N3O3. The van der Waals surface area contributed by atoms with Crippen LogP contribution in [0, 0.1) is 0 Å². The van der Waals surface area contributed by atoms with Gasteiger partial charge in [0.05, 0.1) is 18.3 Å². The topological polar surface area (TPSA) is 80.3 Å². The van der Waals surface area contributed by atoms with Gasteiger partial charge in [0.15, 0.2) is 0 Å². The van der Waals surface area contributed by atoms with E-state index in [1.807, 2.05) is 6.07 Å². The predicted molar refractivity (Wildman–Crippen MR) is 68.1 cm³/mol. The van der Waals surface area contributed by atoms with Gasteiger partial charge >= 0.3 is 11.8 Å². The average molecular weight is 263 g/mol. The van der Waals surface area contributed by atoms with E-state index >= 15 is 0 Å². The Morgan fingerprint density at radius 2 is 2.16 bits per heavy atom. The predicted octanol–water partition coefficient (Wildman–Crippen LogP) is -0.00700. The van der Waals surface area contributed by atoms with Crippen LogP contribution < -0.4 is 10.6 Å². The molecule has 0 radical (unpaired) electrons. The minimum absolute atomic E-state index is 0.0348. The number of carbonyl (C=O) groups is 2. The van der Waals surface area contributed by atoms with E-state index in [1.165, 1.54) is 0 Å². The molecule has 102 valence electrons. The van der Waals surface area contributed by atoms with Crippen LogP contribution >= 0.6 is 0 Å². The number of nitrogens with zero attached hydrogens (tertiary/aromatic N) is 1. The highest BCUT2D eigenvalue weighted by Crippen LogP contribution is 2.10. The lowest BCUT2D eigenvalue weighted by molar-refractivity contribution is -0.139. The molecule has 6 heteroatoms. The first kappa shape index (κ1) is 13.5. The van der Waals surface area contributed by atoms with E-state index in [0.29, 0.717) is 12.2 Å². The average Bonchev–Trinajstić information content (AvgIpc) is 2.96. The molecule has 2 rings (SSSR count). The van der Waals surface area contributed by atoms with Gasteiger partial charge in [-0.25, -0.2) is 0 Å². The van der Waals surface area contributed by atoms with E-state index in [4.69, 9.17) is 4.74 Å². The Balaban J connectivity index is 1.68. The number of carbonyl (C=O) groups excluding carboxylic acids is 2. The van der Waals surface area contributed by atoms with Gasteiger partial charge in [0.1, 0.15) is 0 Å². The minimum atomic E-state index is -0.649. The molecule has 1 aromatic rings. The first-order valence-electron chi connectivity index (χ1n) is 6.33. The summed E-state index contributed by atoms with van der Waals surface area (Å²) in [6, 6.07) is 5.40. The summed E-state index contributed by atoms with van der Waals surface area (Å²) in [6.07, 6.45) is 3.61. The zero-order chi connectivity index (χ0) is 13.5. The number of pyridine rings is 1. The molecule has 0 aliphatic carbocycles. The van der Waals surface area contributed by atoms with Crippen molar-refractivity contribution >= 4 is 11.8 Å². The van der Waals surface area contributed by atoms with Crippen LogP contribution in [-0.4, -0.2) is 36.1 Å². The Hall–Kier alpha value is -1.95. The fourth-order valence-corrected chi connectivity index (χ4v) is 1.85. The molecule has 1 fully saturated rings. The van der Waals surface area contributed by atoms with Crippen LogP contribution in [0.5, 0.6) is 0 Å². The molecule has 6 nitrogen and oxygen atoms in total. The maximum Gasteiger partial charge on any atom is 0.309 e. The Kier molecular flexibility index (Phi) is 4.85. The summed E-state index contributed by atoms with van der Waals surface area (Å²) >= 11 is 0. The molecule has 1 aromatic heterocycles. The third-order valence-corrected chi connectivity index (χ3v) is 2.88. The summed E-state index contributed by atoms with van der Waals surface area (Å²) in [5.74, 6) is -1.28. The highest BCUT2D eigenvalue weighted by molar-refractivity contribution is 6.35. The lowest BCUT2D eigenvalue weighted by atomic mass is 10.2. The van der Waals surface area contributed by atoms with Crippen molar-refractivity contribution in [1.29, 1.82) is 0 Å². The van der Waals surface area contributed by atoms with Crippen molar-refractivity contribution in [1.82, 2.24) is 15.6 Å². The Morgan fingerprint density at radius 1 is 1.32 bits per heavy atom. The molecule has 1 saturated heterocycles. The van der Waals surface area contributed by atoms with Crippen LogP contribution in [0.25, 0.3) is 0 Å². The molecule has 1 aliphatic rings. The molecule has 0 saturated carbocycles. The second kappa shape index (κ2) is 6.84. The summed E-state index contributed by atoms with van der Waals surface area (Å²) in [6.45, 7) is 1.36. The molecule has 1 atom stereocenters. The maximum atomic E-state index is 11.5. The first-order valence-corrected chi connectivity index (χ1v) is 6.33. The van der Waals surface area contributed by atoms with Crippen LogP contribution in [0.2, 0.25) is 0 Å². The number of ether oxygens (including phenoxy) is 1. The summed E-state index contributed by atoms with van der Waals surface area (Å²) in [7, 11) is 0. The number of amides is 2. The zero-order valence-electron chi connectivity index (χ0n) is 10.6. The van der Waals surface area contributed by atoms with Gasteiger partial charge in [-0.2, -0.15) is 0 Å². The van der Waals surface area contributed by atoms with E-state index in [-0.39, 0.29) is 12.6 Å². The number of rotatable bonds is 4. The molecule has 2 amide bonds. The maximum absolute atomic E-state index is 11.5. The quantitative estimate of drug-likeness (QED) is 0.749. The summed E-state index contributed by atoms with van der Waals surface area (Å²) < 4.78 is 5.36. The van der Waals surface area contributed by atoms with E-state index < -0.39 is 11.8 Å². The lowest BCUT2D eigenvalue weighted by Gasteiger charge is -2.10. The molecule has 19 heavy (non-hydrogen) atoms. The van der Waals surface area contributed by atoms with E-state index in [9.17, 15) is 9.59 Å². The van der Waals surface area contributed by atoms with E-state index in [1.54, 1.807) is 18.3 Å². The largest absolute Gasteiger partial charge is 0.376 e. The van der Waals surface area contributed by atoms with Crippen molar-refractivity contribution in [2.75, 3.05) is 13.2 Å². The number of hydrogen-bond acceptors (Lipinski definition) is 4. The van der Waals surface area contributed by atoms with Gasteiger partial charge < -0.3 is 15.4 Å². The highest BCUT2D eigenvalue weighted by Gasteiger charge is 2.18. The van der Waals surface area contributed by atoms with Crippen molar-refractivity contribution in [2.24, 2.45) is 0 Å². The molecule has 0 unspecified atom stereocenters. The standard InChI is InChI=1S/C13H17N3O3/c17-12(15-8-10-4-1-2-6-14-10)13(18)16-9-11-5-3-7-19-11/h1-2,4,6,11H,3,5,7-9H2,(H,15,17)(H,16,18)/t11-/m0/s1. The van der Waals surface area contributed by atoms with E-state index in [0.717, 1.165) is 19.4 Å². The molecular weight excluding hydrogens is 246 g/mol. The summed E-state index contributed by atoms with van der Waals surface area (Å²) in [4.78, 5) is 27.1. The van der Waals surface area contributed by atoms with Gasteiger partial charge in [-0.1, -0.05) is 6.07 Å². The molecule has 0 aromatic carbocycles. The highest BCUT2D eigenvalue weighted by atomic mass is 16.5. The van der Waals surface area contributed by atoms with Crippen LogP contribution in [0.3, 0.4) is 0 Å². The SMILES string of the molecule is O=C(NCc1ccccn1)C(=O)NC[C@@H]1CCCO1. The van der Waals surface area contributed by atoms with Crippen molar-refractivity contribution in [3.05, 3.63) is 30.1 Å². The number of hydrogen-bond donors (Lipinski definition) is 2. The fraction of sp³-hybridized carbons (Fsp3) is 0.462. The first-order chi connectivity index (χ1) is 9.25. The number of nitrogens with one attached hydrogen (secondary N) is 2. The zero-order valence-corrected chi connectivity index (χ0v) is 10.6. The Labute approximate surface area is 111 Å². The molecule has 1 aliphatic heterocycles. The third-order valence-electron chi connectivity index (χ3n) is 2.88. The van der Waals surface area contributed by atoms with Crippen LogP contribution in [0.1, 0.15) is 18.5 Å². The van der Waals surface area contributed by atoms with Crippen LogP contribution in [0.4, 0.5) is 0 Å². The lowest BCUT2D eigenvalue weighted by Crippen LogP contribution is -2.42. The summed E-state index contributed by atoms with van der Waals surface area (Å²) in [5.41, 5.74) is 0.711. The molecule has 2 N–H and O–H groups in total. The fourth-order valence-electron chi connectivity index (χ4n) is 1.85. The Morgan fingerprint density at radius 3 is 2.84 bits per heavy atom. The van der Waals surface area contributed by atoms with Gasteiger partial charge in [-0.05, 0) is 25.0 Å². The van der Waals surface area contributed by atoms with Crippen molar-refractivity contribution in [2.45, 2.75) is 25.5 Å². The van der Waals surface area contributed by atoms with Gasteiger partial charge in [0.25, 0.3) is 0 Å². The van der Waals surface area contributed by atoms with Gasteiger partial charge in [-0.15, -0.1) is 0 Å². The Bertz CT molecular complexity index is 430. The van der Waals surface area contributed by atoms with Crippen LogP contribution in [0.15, 0.2) is 24.4 Å². The number of aromatic nitrogens is 1.